The maximum atomic E-state index is 11.1. The third-order valence-corrected chi connectivity index (χ3v) is 2.97. The molecule has 17 heavy (non-hydrogen) atoms. The molecule has 0 spiro atoms. The number of hydrogen-bond acceptors (Lipinski definition) is 3. The van der Waals surface area contributed by atoms with E-state index in [2.05, 4.69) is 5.32 Å². The summed E-state index contributed by atoms with van der Waals surface area (Å²) < 4.78 is 0. The molecule has 0 saturated carbocycles. The Kier molecular flexibility index (Phi) is 4.12. The number of aliphatic hydroxyl groups is 1. The van der Waals surface area contributed by atoms with E-state index in [1.165, 1.54) is 0 Å². The van der Waals surface area contributed by atoms with Crippen molar-refractivity contribution in [3.05, 3.63) is 29.3 Å². The van der Waals surface area contributed by atoms with E-state index >= 15 is 0 Å². The summed E-state index contributed by atoms with van der Waals surface area (Å²) in [5.74, 6) is -0.969. The minimum absolute atomic E-state index is 0.0451. The molecule has 3 N–H and O–H groups in total. The molecule has 1 aromatic carbocycles. The summed E-state index contributed by atoms with van der Waals surface area (Å²) in [5, 5.41) is 21.5. The first-order chi connectivity index (χ1) is 7.91. The van der Waals surface area contributed by atoms with Crippen molar-refractivity contribution in [2.45, 2.75) is 32.7 Å². The van der Waals surface area contributed by atoms with Crippen molar-refractivity contribution in [2.75, 3.05) is 11.9 Å². The average Bonchev–Trinajstić information content (AvgIpc) is 2.28. The van der Waals surface area contributed by atoms with E-state index in [-0.39, 0.29) is 12.2 Å². The summed E-state index contributed by atoms with van der Waals surface area (Å²) in [6, 6.07) is 5.12. The molecule has 0 bridgehead atoms. The fraction of sp³-hybridized carbons (Fsp3) is 0.462. The number of carbonyl (C=O) groups is 1. The normalized spacial score (nSPS) is 14.1. The zero-order chi connectivity index (χ0) is 13.1. The van der Waals surface area contributed by atoms with Crippen LogP contribution in [0.4, 0.5) is 5.69 Å². The molecule has 0 radical (unpaired) electrons. The molecule has 1 unspecified atom stereocenters. The number of rotatable bonds is 5. The highest BCUT2D eigenvalue weighted by Crippen LogP contribution is 2.23. The van der Waals surface area contributed by atoms with Crippen LogP contribution in [0.3, 0.4) is 0 Å². The van der Waals surface area contributed by atoms with E-state index in [0.717, 1.165) is 5.56 Å². The summed E-state index contributed by atoms with van der Waals surface area (Å²) in [6.07, 6.45) is 0.705. The van der Waals surface area contributed by atoms with Gasteiger partial charge in [0.25, 0.3) is 0 Å². The van der Waals surface area contributed by atoms with Gasteiger partial charge in [-0.15, -0.1) is 0 Å². The highest BCUT2D eigenvalue weighted by Gasteiger charge is 2.22. The molecule has 4 nitrogen and oxygen atoms in total. The summed E-state index contributed by atoms with van der Waals surface area (Å²) >= 11 is 0. The number of hydrogen-bond donors (Lipinski definition) is 3. The molecule has 0 heterocycles. The lowest BCUT2D eigenvalue weighted by Gasteiger charge is -2.29. The van der Waals surface area contributed by atoms with Gasteiger partial charge in [-0.05, 0) is 38.0 Å². The molecule has 0 amide bonds. The molecule has 0 aromatic heterocycles. The molecular weight excluding hydrogens is 218 g/mol. The van der Waals surface area contributed by atoms with Gasteiger partial charge in [-0.3, -0.25) is 0 Å². The topological polar surface area (TPSA) is 69.6 Å². The lowest BCUT2D eigenvalue weighted by molar-refractivity contribution is 0.0697. The second-order valence-corrected chi connectivity index (χ2v) is 4.55. The van der Waals surface area contributed by atoms with E-state index in [4.69, 9.17) is 5.11 Å². The van der Waals surface area contributed by atoms with Crippen LogP contribution in [0, 0.1) is 6.92 Å². The first kappa shape index (κ1) is 13.5. The van der Waals surface area contributed by atoms with Crippen LogP contribution >= 0.6 is 0 Å². The Morgan fingerprint density at radius 3 is 2.59 bits per heavy atom. The van der Waals surface area contributed by atoms with E-state index in [0.29, 0.717) is 12.1 Å². The van der Waals surface area contributed by atoms with E-state index in [9.17, 15) is 9.90 Å². The average molecular weight is 237 g/mol. The maximum absolute atomic E-state index is 11.1. The smallest absolute Gasteiger partial charge is 0.337 e. The van der Waals surface area contributed by atoms with Crippen LogP contribution in [-0.2, 0) is 0 Å². The number of benzene rings is 1. The number of aromatic carboxylic acids is 1. The van der Waals surface area contributed by atoms with E-state index < -0.39 is 11.5 Å². The van der Waals surface area contributed by atoms with Crippen LogP contribution in [0.1, 0.15) is 36.2 Å². The summed E-state index contributed by atoms with van der Waals surface area (Å²) in [6.45, 7) is 5.66. The zero-order valence-corrected chi connectivity index (χ0v) is 10.4. The van der Waals surface area contributed by atoms with Crippen LogP contribution in [0.25, 0.3) is 0 Å². The molecule has 1 rings (SSSR count). The Bertz CT molecular complexity index is 411. The first-order valence-corrected chi connectivity index (χ1v) is 5.65. The van der Waals surface area contributed by atoms with Gasteiger partial charge in [-0.25, -0.2) is 4.79 Å². The maximum Gasteiger partial charge on any atom is 0.337 e. The third kappa shape index (κ3) is 3.20. The van der Waals surface area contributed by atoms with Gasteiger partial charge < -0.3 is 15.5 Å². The van der Waals surface area contributed by atoms with Gasteiger partial charge >= 0.3 is 5.97 Å². The Hall–Kier alpha value is -1.55. The second-order valence-electron chi connectivity index (χ2n) is 4.55. The van der Waals surface area contributed by atoms with Crippen LogP contribution in [-0.4, -0.2) is 28.3 Å². The summed E-state index contributed by atoms with van der Waals surface area (Å²) in [5.41, 5.74) is 1.26. The van der Waals surface area contributed by atoms with Crippen molar-refractivity contribution in [2.24, 2.45) is 0 Å². The molecule has 1 atom stereocenters. The van der Waals surface area contributed by atoms with E-state index in [1.807, 2.05) is 20.8 Å². The highest BCUT2D eigenvalue weighted by atomic mass is 16.4. The fourth-order valence-corrected chi connectivity index (χ4v) is 1.51. The quantitative estimate of drug-likeness (QED) is 0.734. The molecule has 94 valence electrons. The molecule has 0 fully saturated rings. The van der Waals surface area contributed by atoms with Gasteiger partial charge in [0, 0.05) is 5.69 Å². The summed E-state index contributed by atoms with van der Waals surface area (Å²) in [4.78, 5) is 11.1. The van der Waals surface area contributed by atoms with Gasteiger partial charge in [0.1, 0.15) is 0 Å². The molecule has 0 saturated heterocycles. The van der Waals surface area contributed by atoms with Crippen molar-refractivity contribution in [1.82, 2.24) is 0 Å². The van der Waals surface area contributed by atoms with Gasteiger partial charge in [-0.1, -0.05) is 13.0 Å². The number of carboxylic acids is 1. The Morgan fingerprint density at radius 1 is 1.47 bits per heavy atom. The Morgan fingerprint density at radius 2 is 2.12 bits per heavy atom. The van der Waals surface area contributed by atoms with Crippen molar-refractivity contribution in [1.29, 1.82) is 0 Å². The molecule has 0 aliphatic rings. The lowest BCUT2D eigenvalue weighted by Crippen LogP contribution is -2.38. The predicted molar refractivity (Wildman–Crippen MR) is 67.5 cm³/mol. The molecule has 0 aliphatic heterocycles. The molecule has 1 aromatic rings. The van der Waals surface area contributed by atoms with Gasteiger partial charge in [0.05, 0.1) is 17.7 Å². The summed E-state index contributed by atoms with van der Waals surface area (Å²) in [7, 11) is 0. The Labute approximate surface area is 101 Å². The molecular formula is C13H19NO3. The number of aliphatic hydroxyl groups excluding tert-OH is 1. The SMILES string of the molecule is CCC(C)(CO)Nc1cc(C)ccc1C(=O)O. The van der Waals surface area contributed by atoms with Crippen molar-refractivity contribution in [3.8, 4) is 0 Å². The minimum atomic E-state index is -0.969. The van der Waals surface area contributed by atoms with Gasteiger partial charge in [0.2, 0.25) is 0 Å². The van der Waals surface area contributed by atoms with E-state index in [1.54, 1.807) is 18.2 Å². The zero-order valence-electron chi connectivity index (χ0n) is 10.4. The number of anilines is 1. The largest absolute Gasteiger partial charge is 0.478 e. The lowest BCUT2D eigenvalue weighted by atomic mass is 9.98. The molecule has 0 aliphatic carbocycles. The minimum Gasteiger partial charge on any atom is -0.478 e. The van der Waals surface area contributed by atoms with Crippen LogP contribution in [0.2, 0.25) is 0 Å². The van der Waals surface area contributed by atoms with Crippen LogP contribution < -0.4 is 5.32 Å². The van der Waals surface area contributed by atoms with Crippen LogP contribution in [0.5, 0.6) is 0 Å². The van der Waals surface area contributed by atoms with Gasteiger partial charge in [0.15, 0.2) is 0 Å². The fourth-order valence-electron chi connectivity index (χ4n) is 1.51. The third-order valence-electron chi connectivity index (χ3n) is 2.97. The highest BCUT2D eigenvalue weighted by molar-refractivity contribution is 5.94. The van der Waals surface area contributed by atoms with Crippen molar-refractivity contribution in [3.63, 3.8) is 0 Å². The van der Waals surface area contributed by atoms with Gasteiger partial charge in [-0.2, -0.15) is 0 Å². The number of carboxylic acid groups (broad SMARTS) is 1. The second kappa shape index (κ2) is 5.19. The predicted octanol–water partition coefficient (Wildman–Crippen LogP) is 2.27. The first-order valence-electron chi connectivity index (χ1n) is 5.65. The van der Waals surface area contributed by atoms with Crippen LogP contribution in [0.15, 0.2) is 18.2 Å². The van der Waals surface area contributed by atoms with Crippen molar-refractivity contribution >= 4 is 11.7 Å². The molecule has 4 heteroatoms. The number of aryl methyl sites for hydroxylation is 1. The van der Waals surface area contributed by atoms with Crippen molar-refractivity contribution < 1.29 is 15.0 Å². The Balaban J connectivity index is 3.12. The monoisotopic (exact) mass is 237 g/mol. The standard InChI is InChI=1S/C13H19NO3/c1-4-13(3,8-15)14-11-7-9(2)5-6-10(11)12(16)17/h5-7,14-15H,4,8H2,1-3H3,(H,16,17). The number of nitrogens with one attached hydrogen (secondary N) is 1.